The molecule has 9 nitrogen and oxygen atoms in total. The third-order valence-corrected chi connectivity index (χ3v) is 7.80. The van der Waals surface area contributed by atoms with Gasteiger partial charge in [0.2, 0.25) is 5.91 Å². The molecule has 4 atom stereocenters. The van der Waals surface area contributed by atoms with Gasteiger partial charge in [-0.2, -0.15) is 0 Å². The molecule has 1 amide bonds. The molecule has 0 saturated carbocycles. The highest BCUT2D eigenvalue weighted by Gasteiger charge is 2.58. The Morgan fingerprint density at radius 2 is 1.88 bits per heavy atom. The quantitative estimate of drug-likeness (QED) is 0.273. The van der Waals surface area contributed by atoms with Crippen LogP contribution in [0.5, 0.6) is 0 Å². The third-order valence-electron chi connectivity index (χ3n) is 5.46. The average molecular weight is 489 g/mol. The molecule has 11 heteroatoms. The minimum atomic E-state index is -1.16. The molecule has 1 fully saturated rings. The Labute approximate surface area is 196 Å². The Balaban J connectivity index is 1.61. The molecule has 172 valence electrons. The SMILES string of the molecule is C[C@@H](O)[C@H]1C(=O)N2C(C(=O)OCc3ccc([N+](=O)[O-])cc3)=C(c3ccc(S(C)=O)cc3)S[C@H]12. The number of carbonyl (C=O) groups excluding carboxylic acids is 2. The first-order chi connectivity index (χ1) is 15.7. The van der Waals surface area contributed by atoms with E-state index in [-0.39, 0.29) is 23.9 Å². The number of thioether (sulfide) groups is 1. The van der Waals surface area contributed by atoms with Crippen LogP contribution in [0.3, 0.4) is 0 Å². The maximum absolute atomic E-state index is 13.1. The van der Waals surface area contributed by atoms with Gasteiger partial charge in [0, 0.05) is 39.0 Å². The standard InChI is InChI=1S/C22H20N2O7S2/c1-12(25)17-20(26)23-18(22(27)31-11-13-3-7-15(8-4-13)24(28)29)19(32-21(17)23)14-5-9-16(10-6-14)33(2)30/h3-10,12,17,21,25H,11H2,1-2H3/t12-,17+,21-,33?/m1/s1. The van der Waals surface area contributed by atoms with E-state index in [1.807, 2.05) is 0 Å². The summed E-state index contributed by atoms with van der Waals surface area (Å²) in [6.07, 6.45) is 0.699. The third kappa shape index (κ3) is 4.31. The van der Waals surface area contributed by atoms with Crippen molar-refractivity contribution in [1.82, 2.24) is 4.90 Å². The number of β-lactam (4-membered cyclic amide) rings is 1. The van der Waals surface area contributed by atoms with Gasteiger partial charge in [-0.15, -0.1) is 0 Å². The first-order valence-corrected chi connectivity index (χ1v) is 12.4. The van der Waals surface area contributed by atoms with Crippen LogP contribution in [0.25, 0.3) is 4.91 Å². The molecular formula is C22H20N2O7S2. The molecule has 33 heavy (non-hydrogen) atoms. The van der Waals surface area contributed by atoms with Crippen molar-refractivity contribution >= 4 is 45.0 Å². The normalized spacial score (nSPS) is 21.3. The van der Waals surface area contributed by atoms with E-state index in [9.17, 15) is 29.0 Å². The fourth-order valence-corrected chi connectivity index (χ4v) is 5.84. The van der Waals surface area contributed by atoms with E-state index in [4.69, 9.17) is 4.74 Å². The van der Waals surface area contributed by atoms with Gasteiger partial charge in [0.25, 0.3) is 5.69 Å². The fraction of sp³-hybridized carbons (Fsp3) is 0.273. The molecule has 0 spiro atoms. The number of carbonyl (C=O) groups is 2. The van der Waals surface area contributed by atoms with Crippen molar-refractivity contribution in [2.75, 3.05) is 6.26 Å². The van der Waals surface area contributed by atoms with Crippen molar-refractivity contribution in [2.24, 2.45) is 5.92 Å². The Bertz CT molecular complexity index is 1180. The zero-order valence-corrected chi connectivity index (χ0v) is 19.3. The summed E-state index contributed by atoms with van der Waals surface area (Å²) in [5.41, 5.74) is 1.25. The number of hydrogen-bond acceptors (Lipinski definition) is 8. The number of nitrogens with zero attached hydrogens (tertiary/aromatic N) is 2. The van der Waals surface area contributed by atoms with Crippen molar-refractivity contribution in [2.45, 2.75) is 29.9 Å². The number of esters is 1. The number of aliphatic hydroxyl groups excluding tert-OH is 1. The highest BCUT2D eigenvalue weighted by molar-refractivity contribution is 8.09. The fourth-order valence-electron chi connectivity index (χ4n) is 3.71. The average Bonchev–Trinajstić information content (AvgIpc) is 3.12. The minimum absolute atomic E-state index is 0.0723. The zero-order chi connectivity index (χ0) is 23.9. The molecule has 0 radical (unpaired) electrons. The van der Waals surface area contributed by atoms with Crippen LogP contribution in [0.4, 0.5) is 5.69 Å². The summed E-state index contributed by atoms with van der Waals surface area (Å²) >= 11 is 1.30. The van der Waals surface area contributed by atoms with Gasteiger partial charge in [0.15, 0.2) is 0 Å². The number of non-ortho nitro benzene ring substituents is 1. The number of aliphatic hydroxyl groups is 1. The van der Waals surface area contributed by atoms with Gasteiger partial charge < -0.3 is 9.84 Å². The zero-order valence-electron chi connectivity index (χ0n) is 17.7. The second-order valence-corrected chi connectivity index (χ2v) is 10.1. The molecule has 0 aliphatic carbocycles. The topological polar surface area (TPSA) is 127 Å². The number of benzene rings is 2. The summed E-state index contributed by atoms with van der Waals surface area (Å²) < 4.78 is 17.1. The highest BCUT2D eigenvalue weighted by atomic mass is 32.2. The van der Waals surface area contributed by atoms with E-state index in [1.165, 1.54) is 47.9 Å². The molecule has 2 heterocycles. The maximum Gasteiger partial charge on any atom is 0.356 e. The molecule has 4 rings (SSSR count). The summed E-state index contributed by atoms with van der Waals surface area (Å²) in [7, 11) is -1.16. The van der Waals surface area contributed by atoms with Crippen LogP contribution in [-0.4, -0.2) is 48.7 Å². The van der Waals surface area contributed by atoms with Crippen LogP contribution in [0.15, 0.2) is 59.1 Å². The first-order valence-electron chi connectivity index (χ1n) is 9.95. The summed E-state index contributed by atoms with van der Waals surface area (Å²) in [6.45, 7) is 1.41. The van der Waals surface area contributed by atoms with Gasteiger partial charge >= 0.3 is 5.97 Å². The van der Waals surface area contributed by atoms with Crippen molar-refractivity contribution in [3.63, 3.8) is 0 Å². The van der Waals surface area contributed by atoms with Gasteiger partial charge in [-0.1, -0.05) is 23.9 Å². The Kier molecular flexibility index (Phi) is 6.37. The van der Waals surface area contributed by atoms with Crippen molar-refractivity contribution in [3.8, 4) is 0 Å². The molecule has 1 unspecified atom stereocenters. The largest absolute Gasteiger partial charge is 0.456 e. The van der Waals surface area contributed by atoms with E-state index >= 15 is 0 Å². The molecule has 2 aromatic carbocycles. The molecule has 2 aromatic rings. The summed E-state index contributed by atoms with van der Waals surface area (Å²) in [4.78, 5) is 38.6. The first kappa shape index (κ1) is 23.1. The monoisotopic (exact) mass is 488 g/mol. The van der Waals surface area contributed by atoms with Gasteiger partial charge in [-0.25, -0.2) is 4.79 Å². The van der Waals surface area contributed by atoms with Crippen molar-refractivity contribution < 1.29 is 28.6 Å². The molecule has 1 saturated heterocycles. The predicted molar refractivity (Wildman–Crippen MR) is 122 cm³/mol. The molecule has 0 aromatic heterocycles. The predicted octanol–water partition coefficient (Wildman–Crippen LogP) is 2.66. The van der Waals surface area contributed by atoms with Crippen LogP contribution in [0.2, 0.25) is 0 Å². The van der Waals surface area contributed by atoms with Crippen molar-refractivity contribution in [1.29, 1.82) is 0 Å². The smallest absolute Gasteiger partial charge is 0.356 e. The Morgan fingerprint density at radius 1 is 1.24 bits per heavy atom. The van der Waals surface area contributed by atoms with Crippen LogP contribution in [0.1, 0.15) is 18.1 Å². The number of nitro benzene ring substituents is 1. The van der Waals surface area contributed by atoms with Gasteiger partial charge in [-0.05, 0) is 42.3 Å². The summed E-state index contributed by atoms with van der Waals surface area (Å²) in [6, 6.07) is 12.5. The van der Waals surface area contributed by atoms with E-state index in [1.54, 1.807) is 30.5 Å². The number of rotatable bonds is 7. The lowest BCUT2D eigenvalue weighted by Crippen LogP contribution is -2.60. The molecule has 2 aliphatic rings. The van der Waals surface area contributed by atoms with Crippen molar-refractivity contribution in [3.05, 3.63) is 75.5 Å². The van der Waals surface area contributed by atoms with Gasteiger partial charge in [-0.3, -0.25) is 24.0 Å². The molecule has 1 N–H and O–H groups in total. The van der Waals surface area contributed by atoms with E-state index in [0.29, 0.717) is 20.9 Å². The summed E-state index contributed by atoms with van der Waals surface area (Å²) in [5, 5.41) is 20.4. The Hall–Kier alpha value is -3.02. The minimum Gasteiger partial charge on any atom is -0.456 e. The summed E-state index contributed by atoms with van der Waals surface area (Å²) in [5.74, 6) is -1.70. The van der Waals surface area contributed by atoms with E-state index in [0.717, 1.165) is 0 Å². The van der Waals surface area contributed by atoms with Crippen LogP contribution in [0, 0.1) is 16.0 Å². The van der Waals surface area contributed by atoms with Crippen LogP contribution < -0.4 is 0 Å². The number of ether oxygens (including phenoxy) is 1. The van der Waals surface area contributed by atoms with Crippen LogP contribution in [-0.2, 0) is 31.7 Å². The maximum atomic E-state index is 13.1. The lowest BCUT2D eigenvalue weighted by Gasteiger charge is -2.43. The number of hydrogen-bond donors (Lipinski definition) is 1. The Morgan fingerprint density at radius 3 is 2.42 bits per heavy atom. The second kappa shape index (κ2) is 9.08. The second-order valence-electron chi connectivity index (χ2n) is 7.64. The molecular weight excluding hydrogens is 468 g/mol. The lowest BCUT2D eigenvalue weighted by atomic mass is 9.92. The van der Waals surface area contributed by atoms with Gasteiger partial charge in [0.1, 0.15) is 17.7 Å². The number of amides is 1. The molecule has 2 aliphatic heterocycles. The van der Waals surface area contributed by atoms with Gasteiger partial charge in [0.05, 0.1) is 16.9 Å². The number of nitro groups is 1. The lowest BCUT2D eigenvalue weighted by molar-refractivity contribution is -0.384. The highest BCUT2D eigenvalue weighted by Crippen LogP contribution is 2.54. The van der Waals surface area contributed by atoms with E-state index in [2.05, 4.69) is 0 Å². The van der Waals surface area contributed by atoms with Crippen LogP contribution >= 0.6 is 11.8 Å². The van der Waals surface area contributed by atoms with E-state index < -0.39 is 39.1 Å². The number of fused-ring (bicyclic) bond motifs is 1. The molecule has 0 bridgehead atoms.